The van der Waals surface area contributed by atoms with Crippen molar-refractivity contribution in [3.63, 3.8) is 0 Å². The fourth-order valence-electron chi connectivity index (χ4n) is 2.86. The highest BCUT2D eigenvalue weighted by atomic mass is 16.2. The molecule has 140 valence electrons. The second-order valence-electron chi connectivity index (χ2n) is 6.83. The molecule has 0 atom stereocenters. The van der Waals surface area contributed by atoms with Gasteiger partial charge in [0.1, 0.15) is 12.6 Å². The zero-order chi connectivity index (χ0) is 18.2. The largest absolute Gasteiger partial charge is 0.277 e. The van der Waals surface area contributed by atoms with Gasteiger partial charge in [0.25, 0.3) is 5.91 Å². The van der Waals surface area contributed by atoms with Crippen LogP contribution in [0.3, 0.4) is 0 Å². The molecule has 1 amide bonds. The summed E-state index contributed by atoms with van der Waals surface area (Å²) < 4.78 is 1.85. The highest BCUT2D eigenvalue weighted by Crippen LogP contribution is 2.11. The fourth-order valence-corrected chi connectivity index (χ4v) is 2.86. The van der Waals surface area contributed by atoms with Crippen LogP contribution in [0.25, 0.3) is 0 Å². The van der Waals surface area contributed by atoms with Gasteiger partial charge in [0.2, 0.25) is 0 Å². The molecule has 0 radical (unpaired) electrons. The number of hydrazone groups is 1. The molecule has 0 aliphatic carbocycles. The summed E-state index contributed by atoms with van der Waals surface area (Å²) in [5, 5.41) is 4.03. The number of carbonyl (C=O) groups excluding carboxylic acids is 1. The Bertz CT molecular complexity index is 500. The molecule has 1 heterocycles. The minimum atomic E-state index is -0.161. The van der Waals surface area contributed by atoms with Crippen molar-refractivity contribution in [3.8, 4) is 0 Å². The van der Waals surface area contributed by atoms with E-state index in [4.69, 9.17) is 0 Å². The quantitative estimate of drug-likeness (QED) is 0.221. The lowest BCUT2D eigenvalue weighted by Gasteiger charge is -2.01. The summed E-state index contributed by atoms with van der Waals surface area (Å²) in [5.41, 5.74) is 3.21. The molecule has 1 aromatic heterocycles. The maximum absolute atomic E-state index is 11.9. The molecule has 0 unspecified atom stereocenters. The van der Waals surface area contributed by atoms with E-state index in [1.165, 1.54) is 64.2 Å². The van der Waals surface area contributed by atoms with Gasteiger partial charge in [-0.05, 0) is 18.9 Å². The van der Waals surface area contributed by atoms with Crippen LogP contribution in [0.15, 0.2) is 29.6 Å². The lowest BCUT2D eigenvalue weighted by Crippen LogP contribution is -2.29. The van der Waals surface area contributed by atoms with Crippen LogP contribution in [-0.4, -0.2) is 12.1 Å². The number of nitrogens with zero attached hydrogens (tertiary/aromatic N) is 2. The van der Waals surface area contributed by atoms with Crippen molar-refractivity contribution in [2.24, 2.45) is 12.1 Å². The number of pyridine rings is 1. The summed E-state index contributed by atoms with van der Waals surface area (Å²) in [6, 6.07) is 3.64. The van der Waals surface area contributed by atoms with Crippen molar-refractivity contribution in [1.82, 2.24) is 5.43 Å². The van der Waals surface area contributed by atoms with Gasteiger partial charge >= 0.3 is 0 Å². The molecular formula is C21H36N3O+. The Kier molecular flexibility index (Phi) is 12.5. The topological polar surface area (TPSA) is 45.3 Å². The van der Waals surface area contributed by atoms with Gasteiger partial charge in [-0.1, -0.05) is 71.1 Å². The van der Waals surface area contributed by atoms with Crippen LogP contribution < -0.4 is 9.99 Å². The third kappa shape index (κ3) is 11.5. The minimum Gasteiger partial charge on any atom is -0.267 e. The first-order chi connectivity index (χ1) is 12.2. The van der Waals surface area contributed by atoms with E-state index in [1.807, 2.05) is 30.1 Å². The Hall–Kier alpha value is -1.71. The second-order valence-corrected chi connectivity index (χ2v) is 6.83. The Morgan fingerprint density at radius 3 is 2.24 bits per heavy atom. The Balaban J connectivity index is 1.92. The molecule has 0 fully saturated rings. The SMILES string of the molecule is CCCCCCCCCCCCC/C=N/NC(=O)c1ccc[n+](C)c1. The summed E-state index contributed by atoms with van der Waals surface area (Å²) >= 11 is 0. The lowest BCUT2D eigenvalue weighted by atomic mass is 10.1. The predicted octanol–water partition coefficient (Wildman–Crippen LogP) is 4.93. The van der Waals surface area contributed by atoms with E-state index in [0.29, 0.717) is 5.56 Å². The number of carbonyl (C=O) groups is 1. The van der Waals surface area contributed by atoms with E-state index in [0.717, 1.165) is 12.8 Å². The molecule has 0 spiro atoms. The summed E-state index contributed by atoms with van der Waals surface area (Å²) in [5.74, 6) is -0.161. The predicted molar refractivity (Wildman–Crippen MR) is 105 cm³/mol. The van der Waals surface area contributed by atoms with Crippen molar-refractivity contribution in [1.29, 1.82) is 0 Å². The van der Waals surface area contributed by atoms with Crippen LogP contribution >= 0.6 is 0 Å². The van der Waals surface area contributed by atoms with Crippen LogP contribution in [-0.2, 0) is 7.05 Å². The summed E-state index contributed by atoms with van der Waals surface area (Å²) in [4.78, 5) is 11.9. The Morgan fingerprint density at radius 2 is 1.64 bits per heavy atom. The van der Waals surface area contributed by atoms with Crippen LogP contribution in [0, 0.1) is 0 Å². The molecule has 0 aromatic carbocycles. The monoisotopic (exact) mass is 346 g/mol. The van der Waals surface area contributed by atoms with E-state index in [9.17, 15) is 4.79 Å². The molecule has 0 aliphatic rings. The van der Waals surface area contributed by atoms with Crippen LogP contribution in [0.1, 0.15) is 94.3 Å². The molecule has 1 rings (SSSR count). The van der Waals surface area contributed by atoms with Crippen molar-refractivity contribution < 1.29 is 9.36 Å². The molecule has 1 aromatic rings. The zero-order valence-electron chi connectivity index (χ0n) is 16.2. The van der Waals surface area contributed by atoms with E-state index in [-0.39, 0.29) is 5.91 Å². The average Bonchev–Trinajstić information content (AvgIpc) is 2.62. The molecule has 4 heteroatoms. The Labute approximate surface area is 153 Å². The van der Waals surface area contributed by atoms with Crippen LogP contribution in [0.2, 0.25) is 0 Å². The van der Waals surface area contributed by atoms with E-state index in [1.54, 1.807) is 12.3 Å². The van der Waals surface area contributed by atoms with Crippen LogP contribution in [0.5, 0.6) is 0 Å². The minimum absolute atomic E-state index is 0.161. The van der Waals surface area contributed by atoms with Crippen molar-refractivity contribution >= 4 is 12.1 Å². The summed E-state index contributed by atoms with van der Waals surface area (Å²) in [6.45, 7) is 2.27. The maximum Gasteiger partial charge on any atom is 0.277 e. The van der Waals surface area contributed by atoms with E-state index >= 15 is 0 Å². The van der Waals surface area contributed by atoms with E-state index in [2.05, 4.69) is 17.5 Å². The van der Waals surface area contributed by atoms with Gasteiger partial charge in [-0.15, -0.1) is 0 Å². The van der Waals surface area contributed by atoms with Gasteiger partial charge in [0, 0.05) is 12.3 Å². The molecule has 25 heavy (non-hydrogen) atoms. The number of unbranched alkanes of at least 4 members (excludes halogenated alkanes) is 11. The first kappa shape index (κ1) is 21.3. The number of rotatable bonds is 14. The molecular weight excluding hydrogens is 310 g/mol. The zero-order valence-corrected chi connectivity index (χ0v) is 16.2. The van der Waals surface area contributed by atoms with Gasteiger partial charge in [-0.3, -0.25) is 4.79 Å². The maximum atomic E-state index is 11.9. The molecule has 0 bridgehead atoms. The van der Waals surface area contributed by atoms with Gasteiger partial charge < -0.3 is 0 Å². The third-order valence-electron chi connectivity index (χ3n) is 4.40. The first-order valence-electron chi connectivity index (χ1n) is 10.0. The smallest absolute Gasteiger partial charge is 0.267 e. The second kappa shape index (κ2) is 14.6. The van der Waals surface area contributed by atoms with Crippen molar-refractivity contribution in [2.75, 3.05) is 0 Å². The molecule has 4 nitrogen and oxygen atoms in total. The highest BCUT2D eigenvalue weighted by molar-refractivity contribution is 5.93. The molecule has 0 aliphatic heterocycles. The van der Waals surface area contributed by atoms with Crippen molar-refractivity contribution in [3.05, 3.63) is 30.1 Å². The number of hydrogen-bond donors (Lipinski definition) is 1. The van der Waals surface area contributed by atoms with E-state index < -0.39 is 0 Å². The van der Waals surface area contributed by atoms with Gasteiger partial charge in [0.15, 0.2) is 12.4 Å². The van der Waals surface area contributed by atoms with Crippen molar-refractivity contribution in [2.45, 2.75) is 84.0 Å². The number of nitrogens with one attached hydrogen (secondary N) is 1. The molecule has 0 saturated carbocycles. The first-order valence-corrected chi connectivity index (χ1v) is 10.0. The molecule has 1 N–H and O–H groups in total. The fraction of sp³-hybridized carbons (Fsp3) is 0.667. The number of hydrogen-bond acceptors (Lipinski definition) is 2. The third-order valence-corrected chi connectivity index (χ3v) is 4.40. The van der Waals surface area contributed by atoms with Gasteiger partial charge in [0.05, 0.1) is 0 Å². The standard InChI is InChI=1S/C21H35N3O/c1-3-4-5-6-7-8-9-10-11-12-13-14-17-22-23-21(25)20-16-15-18-24(2)19-20/h15-19H,3-14H2,1-2H3/p+1/b22-17+. The summed E-state index contributed by atoms with van der Waals surface area (Å²) in [6.07, 6.45) is 21.2. The normalized spacial score (nSPS) is 11.1. The van der Waals surface area contributed by atoms with Gasteiger partial charge in [-0.2, -0.15) is 5.10 Å². The highest BCUT2D eigenvalue weighted by Gasteiger charge is 2.07. The average molecular weight is 347 g/mol. The molecule has 0 saturated heterocycles. The summed E-state index contributed by atoms with van der Waals surface area (Å²) in [7, 11) is 1.90. The number of aromatic nitrogens is 1. The Morgan fingerprint density at radius 1 is 1.04 bits per heavy atom. The van der Waals surface area contributed by atoms with Crippen LogP contribution in [0.4, 0.5) is 0 Å². The lowest BCUT2D eigenvalue weighted by molar-refractivity contribution is -0.671. The number of aryl methyl sites for hydroxylation is 1. The number of amides is 1. The van der Waals surface area contributed by atoms with Gasteiger partial charge in [-0.25, -0.2) is 9.99 Å².